The molecule has 1 fully saturated rings. The Hall–Kier alpha value is -3.76. The SMILES string of the molecule is COc1ccccc1N(CC(=O)N1CCN(Cc2ccc3c(c2)OCO3)CC1)S(=O)(=O)c1ccc(C)cc1. The lowest BCUT2D eigenvalue weighted by Crippen LogP contribution is -2.51. The van der Waals surface area contributed by atoms with E-state index in [1.165, 1.54) is 7.11 Å². The fraction of sp³-hybridized carbons (Fsp3) is 0.321. The molecule has 0 radical (unpaired) electrons. The smallest absolute Gasteiger partial charge is 0.264 e. The summed E-state index contributed by atoms with van der Waals surface area (Å²) in [7, 11) is -2.54. The van der Waals surface area contributed by atoms with E-state index >= 15 is 0 Å². The van der Waals surface area contributed by atoms with E-state index in [0.29, 0.717) is 37.6 Å². The average Bonchev–Trinajstić information content (AvgIpc) is 3.40. The maximum atomic E-state index is 13.7. The fourth-order valence-corrected chi connectivity index (χ4v) is 6.07. The van der Waals surface area contributed by atoms with Crippen LogP contribution in [0.15, 0.2) is 71.6 Å². The van der Waals surface area contributed by atoms with Crippen LogP contribution in [0.2, 0.25) is 0 Å². The number of carbonyl (C=O) groups is 1. The molecule has 0 saturated carbocycles. The molecule has 9 nitrogen and oxygen atoms in total. The summed E-state index contributed by atoms with van der Waals surface area (Å²) in [6, 6.07) is 19.4. The highest BCUT2D eigenvalue weighted by atomic mass is 32.2. The number of ether oxygens (including phenoxy) is 3. The molecule has 3 aromatic rings. The second kappa shape index (κ2) is 10.9. The van der Waals surface area contributed by atoms with E-state index in [2.05, 4.69) is 4.90 Å². The van der Waals surface area contributed by atoms with Crippen molar-refractivity contribution in [3.63, 3.8) is 0 Å². The van der Waals surface area contributed by atoms with Gasteiger partial charge in [-0.15, -0.1) is 0 Å². The molecule has 5 rings (SSSR count). The molecule has 2 aliphatic rings. The number of fused-ring (bicyclic) bond motifs is 1. The van der Waals surface area contributed by atoms with Crippen molar-refractivity contribution in [2.75, 3.05) is 50.9 Å². The number of anilines is 1. The Labute approximate surface area is 223 Å². The molecule has 0 N–H and O–H groups in total. The predicted octanol–water partition coefficient (Wildman–Crippen LogP) is 3.27. The summed E-state index contributed by atoms with van der Waals surface area (Å²) >= 11 is 0. The van der Waals surface area contributed by atoms with Crippen molar-refractivity contribution in [1.82, 2.24) is 9.80 Å². The molecule has 0 spiro atoms. The minimum absolute atomic E-state index is 0.121. The summed E-state index contributed by atoms with van der Waals surface area (Å²) in [4.78, 5) is 17.5. The first-order chi connectivity index (χ1) is 18.3. The molecular weight excluding hydrogens is 506 g/mol. The molecule has 10 heteroatoms. The van der Waals surface area contributed by atoms with Crippen molar-refractivity contribution in [2.24, 2.45) is 0 Å². The van der Waals surface area contributed by atoms with E-state index in [0.717, 1.165) is 33.5 Å². The standard InChI is InChI=1S/C28H31N3O6S/c1-21-7-10-23(11-8-21)38(33,34)31(24-5-3-4-6-25(24)35-2)19-28(32)30-15-13-29(14-16-30)18-22-9-12-26-27(17-22)37-20-36-26/h3-12,17H,13-16,18-20H2,1-2H3. The Balaban J connectivity index is 1.29. The number of carbonyl (C=O) groups excluding carboxylic acids is 1. The summed E-state index contributed by atoms with van der Waals surface area (Å²) in [6.45, 7) is 4.92. The second-order valence-electron chi connectivity index (χ2n) is 9.34. The Bertz CT molecular complexity index is 1400. The third-order valence-corrected chi connectivity index (χ3v) is 8.58. The number of hydrogen-bond donors (Lipinski definition) is 0. The van der Waals surface area contributed by atoms with Gasteiger partial charge >= 0.3 is 0 Å². The molecule has 0 aliphatic carbocycles. The van der Waals surface area contributed by atoms with E-state index in [4.69, 9.17) is 14.2 Å². The number of aryl methyl sites for hydroxylation is 1. The zero-order valence-corrected chi connectivity index (χ0v) is 22.3. The van der Waals surface area contributed by atoms with Gasteiger partial charge in [0.1, 0.15) is 12.3 Å². The van der Waals surface area contributed by atoms with Crippen LogP contribution in [0.25, 0.3) is 0 Å². The molecular formula is C28H31N3O6S. The number of sulfonamides is 1. The summed E-state index contributed by atoms with van der Waals surface area (Å²) in [5.41, 5.74) is 2.38. The molecule has 1 saturated heterocycles. The molecule has 200 valence electrons. The van der Waals surface area contributed by atoms with Crippen molar-refractivity contribution in [2.45, 2.75) is 18.4 Å². The van der Waals surface area contributed by atoms with Crippen LogP contribution in [0, 0.1) is 6.92 Å². The number of methoxy groups -OCH3 is 1. The van der Waals surface area contributed by atoms with Gasteiger partial charge in [0.2, 0.25) is 12.7 Å². The third kappa shape index (κ3) is 5.41. The summed E-state index contributed by atoms with van der Waals surface area (Å²) in [5, 5.41) is 0. The quantitative estimate of drug-likeness (QED) is 0.436. The fourth-order valence-electron chi connectivity index (χ4n) is 4.65. The molecule has 3 aromatic carbocycles. The van der Waals surface area contributed by atoms with Crippen LogP contribution >= 0.6 is 0 Å². The molecule has 38 heavy (non-hydrogen) atoms. The highest BCUT2D eigenvalue weighted by Crippen LogP contribution is 2.34. The van der Waals surface area contributed by atoms with Crippen LogP contribution in [0.5, 0.6) is 17.2 Å². The largest absolute Gasteiger partial charge is 0.495 e. The first kappa shape index (κ1) is 25.9. The number of nitrogens with zero attached hydrogens (tertiary/aromatic N) is 3. The second-order valence-corrected chi connectivity index (χ2v) is 11.2. The van der Waals surface area contributed by atoms with Gasteiger partial charge in [-0.3, -0.25) is 14.0 Å². The highest BCUT2D eigenvalue weighted by Gasteiger charge is 2.32. The van der Waals surface area contributed by atoms with Crippen molar-refractivity contribution in [3.05, 3.63) is 77.9 Å². The normalized spacial score (nSPS) is 15.4. The number of benzene rings is 3. The van der Waals surface area contributed by atoms with E-state index < -0.39 is 10.0 Å². The minimum atomic E-state index is -4.02. The average molecular weight is 538 g/mol. The van der Waals surface area contributed by atoms with Crippen LogP contribution in [0.3, 0.4) is 0 Å². The van der Waals surface area contributed by atoms with E-state index in [9.17, 15) is 13.2 Å². The zero-order chi connectivity index (χ0) is 26.7. The lowest BCUT2D eigenvalue weighted by Gasteiger charge is -2.36. The zero-order valence-electron chi connectivity index (χ0n) is 21.5. The van der Waals surface area contributed by atoms with Gasteiger partial charge in [0.15, 0.2) is 11.5 Å². The maximum absolute atomic E-state index is 13.7. The minimum Gasteiger partial charge on any atom is -0.495 e. The van der Waals surface area contributed by atoms with Gasteiger partial charge in [-0.25, -0.2) is 8.42 Å². The van der Waals surface area contributed by atoms with Crippen LogP contribution in [0.4, 0.5) is 5.69 Å². The van der Waals surface area contributed by atoms with Crippen LogP contribution in [0.1, 0.15) is 11.1 Å². The summed E-state index contributed by atoms with van der Waals surface area (Å²) in [6.07, 6.45) is 0. The van der Waals surface area contributed by atoms with Crippen LogP contribution in [-0.4, -0.2) is 70.8 Å². The van der Waals surface area contributed by atoms with Crippen molar-refractivity contribution < 1.29 is 27.4 Å². The van der Waals surface area contributed by atoms with Gasteiger partial charge in [0.05, 0.1) is 17.7 Å². The number of para-hydroxylation sites is 2. The summed E-state index contributed by atoms with van der Waals surface area (Å²) in [5.74, 6) is 1.63. The van der Waals surface area contributed by atoms with Crippen molar-refractivity contribution in [3.8, 4) is 17.2 Å². The molecule has 0 aromatic heterocycles. The monoisotopic (exact) mass is 537 g/mol. The van der Waals surface area contributed by atoms with Gasteiger partial charge in [-0.2, -0.15) is 0 Å². The number of rotatable bonds is 8. The Morgan fingerprint density at radius 1 is 0.947 bits per heavy atom. The maximum Gasteiger partial charge on any atom is 0.264 e. The first-order valence-electron chi connectivity index (χ1n) is 12.5. The topological polar surface area (TPSA) is 88.6 Å². The molecule has 0 atom stereocenters. The van der Waals surface area contributed by atoms with Crippen LogP contribution < -0.4 is 18.5 Å². The highest BCUT2D eigenvalue weighted by molar-refractivity contribution is 7.92. The summed E-state index contributed by atoms with van der Waals surface area (Å²) < 4.78 is 44.9. The lowest BCUT2D eigenvalue weighted by molar-refractivity contribution is -0.131. The van der Waals surface area contributed by atoms with Crippen molar-refractivity contribution in [1.29, 1.82) is 0 Å². The number of amides is 1. The van der Waals surface area contributed by atoms with Gasteiger partial charge in [0, 0.05) is 32.7 Å². The lowest BCUT2D eigenvalue weighted by atomic mass is 10.1. The molecule has 0 bridgehead atoms. The first-order valence-corrected chi connectivity index (χ1v) is 13.9. The molecule has 2 aliphatic heterocycles. The Morgan fingerprint density at radius 2 is 1.66 bits per heavy atom. The third-order valence-electron chi connectivity index (χ3n) is 6.81. The van der Waals surface area contributed by atoms with Gasteiger partial charge in [-0.05, 0) is 48.9 Å². The predicted molar refractivity (Wildman–Crippen MR) is 143 cm³/mol. The van der Waals surface area contributed by atoms with E-state index in [1.54, 1.807) is 53.4 Å². The van der Waals surface area contributed by atoms with Crippen molar-refractivity contribution >= 4 is 21.6 Å². The Morgan fingerprint density at radius 3 is 2.39 bits per heavy atom. The van der Waals surface area contributed by atoms with Crippen LogP contribution in [-0.2, 0) is 21.4 Å². The number of piperazine rings is 1. The van der Waals surface area contributed by atoms with Gasteiger partial charge < -0.3 is 19.1 Å². The number of hydrogen-bond acceptors (Lipinski definition) is 7. The van der Waals surface area contributed by atoms with E-state index in [1.807, 2.05) is 25.1 Å². The van der Waals surface area contributed by atoms with E-state index in [-0.39, 0.29) is 24.1 Å². The molecule has 0 unspecified atom stereocenters. The van der Waals surface area contributed by atoms with Gasteiger partial charge in [0.25, 0.3) is 10.0 Å². The molecule has 1 amide bonds. The van der Waals surface area contributed by atoms with Gasteiger partial charge in [-0.1, -0.05) is 35.9 Å². The Kier molecular flexibility index (Phi) is 7.44. The molecule has 2 heterocycles.